The second-order valence-corrected chi connectivity index (χ2v) is 6.98. The highest BCUT2D eigenvalue weighted by Gasteiger charge is 2.19. The maximum Gasteiger partial charge on any atom is 0.275 e. The van der Waals surface area contributed by atoms with Crippen LogP contribution in [-0.2, 0) is 6.61 Å². The Morgan fingerprint density at radius 1 is 1.14 bits per heavy atom. The molecule has 0 aliphatic rings. The third-order valence-electron chi connectivity index (χ3n) is 4.23. The lowest BCUT2D eigenvalue weighted by molar-refractivity contribution is 0.0942. The monoisotopic (exact) mass is 381 g/mol. The summed E-state index contributed by atoms with van der Waals surface area (Å²) in [5.41, 5.74) is 1.85. The van der Waals surface area contributed by atoms with Crippen molar-refractivity contribution in [2.24, 2.45) is 5.92 Å². The third-order valence-corrected chi connectivity index (χ3v) is 4.23. The van der Waals surface area contributed by atoms with Crippen LogP contribution >= 0.6 is 0 Å². The van der Waals surface area contributed by atoms with Gasteiger partial charge in [-0.3, -0.25) is 4.79 Å². The van der Waals surface area contributed by atoms with Crippen LogP contribution < -0.4 is 10.1 Å². The second kappa shape index (κ2) is 9.17. The Labute approximate surface area is 164 Å². The molecule has 0 radical (unpaired) electrons. The Balaban J connectivity index is 1.82. The van der Waals surface area contributed by atoms with E-state index in [1.54, 1.807) is 18.3 Å². The molecule has 5 nitrogen and oxygen atoms in total. The normalized spacial score (nSPS) is 10.9. The summed E-state index contributed by atoms with van der Waals surface area (Å²) in [5.74, 6) is 0.258. The Bertz CT molecular complexity index is 905. The number of hydrogen-bond donors (Lipinski definition) is 1. The van der Waals surface area contributed by atoms with Crippen molar-refractivity contribution in [3.05, 3.63) is 77.9 Å². The highest BCUT2D eigenvalue weighted by Crippen LogP contribution is 2.21. The SMILES string of the molecule is CC(C)CCNC(=O)c1nn(-c2ccc(F)cc2)cc1OCc1ccccc1. The quantitative estimate of drug-likeness (QED) is 0.630. The average Bonchev–Trinajstić information content (AvgIpc) is 3.12. The van der Waals surface area contributed by atoms with Gasteiger partial charge in [0, 0.05) is 6.54 Å². The number of carbonyl (C=O) groups is 1. The molecule has 0 saturated heterocycles. The number of nitrogens with one attached hydrogen (secondary N) is 1. The van der Waals surface area contributed by atoms with Crippen molar-refractivity contribution in [2.45, 2.75) is 26.9 Å². The van der Waals surface area contributed by atoms with Crippen molar-refractivity contribution in [1.29, 1.82) is 0 Å². The van der Waals surface area contributed by atoms with Crippen LogP contribution in [0.25, 0.3) is 5.69 Å². The molecule has 1 aromatic heterocycles. The molecule has 0 aliphatic carbocycles. The zero-order valence-corrected chi connectivity index (χ0v) is 16.1. The van der Waals surface area contributed by atoms with Crippen molar-refractivity contribution in [2.75, 3.05) is 6.54 Å². The van der Waals surface area contributed by atoms with Gasteiger partial charge in [-0.15, -0.1) is 0 Å². The molecule has 146 valence electrons. The fraction of sp³-hybridized carbons (Fsp3) is 0.273. The van der Waals surface area contributed by atoms with Crippen LogP contribution in [-0.4, -0.2) is 22.2 Å². The molecule has 1 N–H and O–H groups in total. The minimum atomic E-state index is -0.330. The second-order valence-electron chi connectivity index (χ2n) is 6.98. The van der Waals surface area contributed by atoms with Gasteiger partial charge in [0.15, 0.2) is 11.4 Å². The molecule has 28 heavy (non-hydrogen) atoms. The molecular weight excluding hydrogens is 357 g/mol. The highest BCUT2D eigenvalue weighted by molar-refractivity contribution is 5.94. The van der Waals surface area contributed by atoms with Gasteiger partial charge in [-0.25, -0.2) is 9.07 Å². The highest BCUT2D eigenvalue weighted by atomic mass is 19.1. The number of halogens is 1. The molecule has 2 aromatic carbocycles. The van der Waals surface area contributed by atoms with Crippen LogP contribution in [0.4, 0.5) is 4.39 Å². The molecule has 0 saturated carbocycles. The molecule has 0 spiro atoms. The molecule has 1 amide bonds. The zero-order valence-electron chi connectivity index (χ0n) is 16.1. The van der Waals surface area contributed by atoms with Crippen LogP contribution in [0, 0.1) is 11.7 Å². The zero-order chi connectivity index (χ0) is 19.9. The lowest BCUT2D eigenvalue weighted by Crippen LogP contribution is -2.26. The fourth-order valence-electron chi connectivity index (χ4n) is 2.64. The molecule has 3 rings (SSSR count). The van der Waals surface area contributed by atoms with Gasteiger partial charge in [0.2, 0.25) is 0 Å². The Kier molecular flexibility index (Phi) is 6.42. The van der Waals surface area contributed by atoms with E-state index in [0.717, 1.165) is 12.0 Å². The number of rotatable bonds is 8. The van der Waals surface area contributed by atoms with Gasteiger partial charge in [-0.1, -0.05) is 44.2 Å². The summed E-state index contributed by atoms with van der Waals surface area (Å²) < 4.78 is 20.6. The van der Waals surface area contributed by atoms with Gasteiger partial charge in [0.25, 0.3) is 5.91 Å². The first-order chi connectivity index (χ1) is 13.5. The van der Waals surface area contributed by atoms with Crippen molar-refractivity contribution in [3.63, 3.8) is 0 Å². The van der Waals surface area contributed by atoms with Gasteiger partial charge in [0.1, 0.15) is 12.4 Å². The van der Waals surface area contributed by atoms with E-state index in [0.29, 0.717) is 30.5 Å². The standard InChI is InChI=1S/C22H24FN3O2/c1-16(2)12-13-24-22(27)21-20(28-15-17-6-4-3-5-7-17)14-26(25-21)19-10-8-18(23)9-11-19/h3-11,14,16H,12-13,15H2,1-2H3,(H,24,27). The van der Waals surface area contributed by atoms with E-state index in [4.69, 9.17) is 4.74 Å². The van der Waals surface area contributed by atoms with E-state index in [1.807, 2.05) is 30.3 Å². The topological polar surface area (TPSA) is 56.2 Å². The first-order valence-electron chi connectivity index (χ1n) is 9.33. The van der Waals surface area contributed by atoms with Gasteiger partial charge in [-0.2, -0.15) is 5.10 Å². The molecule has 0 aliphatic heterocycles. The summed E-state index contributed by atoms with van der Waals surface area (Å²) in [7, 11) is 0. The van der Waals surface area contributed by atoms with Gasteiger partial charge >= 0.3 is 0 Å². The first-order valence-corrected chi connectivity index (χ1v) is 9.33. The number of aromatic nitrogens is 2. The van der Waals surface area contributed by atoms with E-state index >= 15 is 0 Å². The Morgan fingerprint density at radius 2 is 1.86 bits per heavy atom. The number of hydrogen-bond acceptors (Lipinski definition) is 3. The maximum atomic E-state index is 13.2. The molecular formula is C22H24FN3O2. The van der Waals surface area contributed by atoms with Crippen LogP contribution in [0.3, 0.4) is 0 Å². The summed E-state index contributed by atoms with van der Waals surface area (Å²) in [5, 5.41) is 7.27. The number of ether oxygens (including phenoxy) is 1. The van der Waals surface area contributed by atoms with E-state index in [-0.39, 0.29) is 17.4 Å². The summed E-state index contributed by atoms with van der Waals surface area (Å²) >= 11 is 0. The lowest BCUT2D eigenvalue weighted by Gasteiger charge is -2.08. The van der Waals surface area contributed by atoms with E-state index in [2.05, 4.69) is 24.3 Å². The van der Waals surface area contributed by atoms with E-state index in [1.165, 1.54) is 16.8 Å². The summed E-state index contributed by atoms with van der Waals surface area (Å²) in [6.07, 6.45) is 2.53. The van der Waals surface area contributed by atoms with E-state index in [9.17, 15) is 9.18 Å². The molecule has 0 bridgehead atoms. The molecule has 6 heteroatoms. The average molecular weight is 381 g/mol. The maximum absolute atomic E-state index is 13.2. The lowest BCUT2D eigenvalue weighted by atomic mass is 10.1. The summed E-state index contributed by atoms with van der Waals surface area (Å²) in [6.45, 7) is 5.09. The van der Waals surface area contributed by atoms with Crippen LogP contribution in [0.5, 0.6) is 5.75 Å². The third kappa shape index (κ3) is 5.19. The first kappa shape index (κ1) is 19.6. The van der Waals surface area contributed by atoms with Gasteiger partial charge in [-0.05, 0) is 42.2 Å². The predicted molar refractivity (Wildman–Crippen MR) is 106 cm³/mol. The van der Waals surface area contributed by atoms with Crippen LogP contribution in [0.15, 0.2) is 60.8 Å². The Hall–Kier alpha value is -3.15. The van der Waals surface area contributed by atoms with Crippen molar-refractivity contribution < 1.29 is 13.9 Å². The number of carbonyl (C=O) groups excluding carboxylic acids is 1. The van der Waals surface area contributed by atoms with E-state index < -0.39 is 0 Å². The molecule has 1 heterocycles. The summed E-state index contributed by atoms with van der Waals surface area (Å²) in [6, 6.07) is 15.6. The Morgan fingerprint density at radius 3 is 2.54 bits per heavy atom. The van der Waals surface area contributed by atoms with Gasteiger partial charge in [0.05, 0.1) is 11.9 Å². The number of amides is 1. The van der Waals surface area contributed by atoms with Crippen molar-refractivity contribution in [3.8, 4) is 11.4 Å². The van der Waals surface area contributed by atoms with Crippen LogP contribution in [0.2, 0.25) is 0 Å². The minimum Gasteiger partial charge on any atom is -0.485 e. The van der Waals surface area contributed by atoms with Crippen molar-refractivity contribution >= 4 is 5.91 Å². The molecule has 0 atom stereocenters. The predicted octanol–water partition coefficient (Wildman–Crippen LogP) is 4.37. The smallest absolute Gasteiger partial charge is 0.275 e. The molecule has 3 aromatic rings. The minimum absolute atomic E-state index is 0.212. The molecule has 0 fully saturated rings. The fourth-order valence-corrected chi connectivity index (χ4v) is 2.64. The number of benzene rings is 2. The number of nitrogens with zero attached hydrogens (tertiary/aromatic N) is 2. The van der Waals surface area contributed by atoms with Crippen LogP contribution in [0.1, 0.15) is 36.3 Å². The van der Waals surface area contributed by atoms with Gasteiger partial charge < -0.3 is 10.1 Å². The molecule has 0 unspecified atom stereocenters. The van der Waals surface area contributed by atoms with Crippen molar-refractivity contribution in [1.82, 2.24) is 15.1 Å². The largest absolute Gasteiger partial charge is 0.485 e. The summed E-state index contributed by atoms with van der Waals surface area (Å²) in [4.78, 5) is 12.6.